The summed E-state index contributed by atoms with van der Waals surface area (Å²) >= 11 is 0. The first-order chi connectivity index (χ1) is 6.65. The van der Waals surface area contributed by atoms with Gasteiger partial charge in [-0.2, -0.15) is 0 Å². The third kappa shape index (κ3) is 4.03. The van der Waals surface area contributed by atoms with E-state index < -0.39 is 10.8 Å². The summed E-state index contributed by atoms with van der Waals surface area (Å²) in [6, 6.07) is -0.352. The topological polar surface area (TPSA) is 46.6 Å². The Morgan fingerprint density at radius 3 is 2.64 bits per heavy atom. The highest BCUT2D eigenvalue weighted by Gasteiger charge is 2.30. The molecule has 0 amide bonds. The van der Waals surface area contributed by atoms with Crippen molar-refractivity contribution in [3.8, 4) is 0 Å². The Morgan fingerprint density at radius 1 is 1.57 bits per heavy atom. The van der Waals surface area contributed by atoms with Gasteiger partial charge in [-0.15, -0.1) is 0 Å². The number of nitrogens with zero attached hydrogens (tertiary/aromatic N) is 1. The first-order valence-corrected chi connectivity index (χ1v) is 6.59. The molecule has 1 aliphatic heterocycles. The first kappa shape index (κ1) is 14.0. The lowest BCUT2D eigenvalue weighted by atomic mass is 10.3. The van der Waals surface area contributed by atoms with E-state index in [9.17, 15) is 9.00 Å². The minimum Gasteiger partial charge on any atom is -0.468 e. The van der Waals surface area contributed by atoms with E-state index in [1.807, 2.05) is 13.8 Å². The van der Waals surface area contributed by atoms with E-state index in [0.29, 0.717) is 18.1 Å². The second-order valence-electron chi connectivity index (χ2n) is 2.59. The molecule has 1 rings (SSSR count). The van der Waals surface area contributed by atoms with Crippen molar-refractivity contribution in [3.63, 3.8) is 0 Å². The molecule has 1 heterocycles. The SMILES string of the molecule is CC.COC(=O)C1CS(=O)CCN1P. The number of hydrogen-bond acceptors (Lipinski definition) is 4. The van der Waals surface area contributed by atoms with Gasteiger partial charge < -0.3 is 4.74 Å². The molecule has 3 unspecified atom stereocenters. The molecule has 0 bridgehead atoms. The molecular weight excluding hydrogens is 221 g/mol. The molecule has 6 heteroatoms. The van der Waals surface area contributed by atoms with Crippen molar-refractivity contribution in [3.05, 3.63) is 0 Å². The van der Waals surface area contributed by atoms with E-state index >= 15 is 0 Å². The molecule has 0 aliphatic carbocycles. The predicted octanol–water partition coefficient (Wildman–Crippen LogP) is 0.409. The van der Waals surface area contributed by atoms with Crippen LogP contribution >= 0.6 is 9.39 Å². The highest BCUT2D eigenvalue weighted by Crippen LogP contribution is 2.14. The molecule has 0 radical (unpaired) electrons. The van der Waals surface area contributed by atoms with Gasteiger partial charge in [-0.05, 0) is 0 Å². The van der Waals surface area contributed by atoms with Gasteiger partial charge in [0.15, 0.2) is 0 Å². The van der Waals surface area contributed by atoms with Crippen molar-refractivity contribution in [2.24, 2.45) is 0 Å². The molecule has 1 saturated heterocycles. The largest absolute Gasteiger partial charge is 0.468 e. The van der Waals surface area contributed by atoms with Crippen LogP contribution in [-0.4, -0.2) is 46.1 Å². The minimum absolute atomic E-state index is 0.307. The molecular formula is C8H18NO3PS. The average molecular weight is 239 g/mol. The van der Waals surface area contributed by atoms with E-state index in [-0.39, 0.29) is 12.0 Å². The van der Waals surface area contributed by atoms with E-state index in [1.165, 1.54) is 7.11 Å². The van der Waals surface area contributed by atoms with Crippen LogP contribution in [-0.2, 0) is 20.3 Å². The number of esters is 1. The molecule has 0 aromatic heterocycles. The highest BCUT2D eigenvalue weighted by molar-refractivity contribution is 7.85. The fraction of sp³-hybridized carbons (Fsp3) is 0.875. The Hall–Kier alpha value is 0.01000. The Kier molecular flexibility index (Phi) is 7.33. The second-order valence-corrected chi connectivity index (χ2v) is 4.87. The van der Waals surface area contributed by atoms with Crippen LogP contribution in [0, 0.1) is 0 Å². The summed E-state index contributed by atoms with van der Waals surface area (Å²) in [7, 11) is 2.93. The van der Waals surface area contributed by atoms with Crippen molar-refractivity contribution < 1.29 is 13.7 Å². The van der Waals surface area contributed by atoms with Crippen molar-refractivity contribution in [1.82, 2.24) is 4.67 Å². The van der Waals surface area contributed by atoms with Gasteiger partial charge in [0.05, 0.1) is 12.9 Å². The van der Waals surface area contributed by atoms with Gasteiger partial charge in [0.25, 0.3) is 0 Å². The van der Waals surface area contributed by atoms with Crippen molar-refractivity contribution in [1.29, 1.82) is 0 Å². The first-order valence-electron chi connectivity index (χ1n) is 4.59. The van der Waals surface area contributed by atoms with Crippen LogP contribution in [0.5, 0.6) is 0 Å². The van der Waals surface area contributed by atoms with Gasteiger partial charge in [-0.25, -0.2) is 0 Å². The molecule has 84 valence electrons. The Morgan fingerprint density at radius 2 is 2.14 bits per heavy atom. The summed E-state index contributed by atoms with van der Waals surface area (Å²) in [6.07, 6.45) is 0. The maximum absolute atomic E-state index is 11.1. The number of carbonyl (C=O) groups is 1. The number of hydrogen-bond donors (Lipinski definition) is 0. The number of carbonyl (C=O) groups excluding carboxylic acids is 1. The van der Waals surface area contributed by atoms with Crippen LogP contribution in [0.3, 0.4) is 0 Å². The molecule has 1 fully saturated rings. The maximum Gasteiger partial charge on any atom is 0.324 e. The Labute approximate surface area is 90.1 Å². The lowest BCUT2D eigenvalue weighted by Crippen LogP contribution is -2.46. The molecule has 0 spiro atoms. The van der Waals surface area contributed by atoms with Crippen LogP contribution < -0.4 is 0 Å². The maximum atomic E-state index is 11.1. The standard InChI is InChI=1S/C6H12NO3PS.C2H6/c1-10-6(8)5-4-12(9)3-2-7(5)11;1-2/h5H,2-4,11H2,1H3;1-2H3. The van der Waals surface area contributed by atoms with Crippen LogP contribution in [0.1, 0.15) is 13.8 Å². The van der Waals surface area contributed by atoms with Crippen molar-refractivity contribution in [2.75, 3.05) is 25.2 Å². The molecule has 0 aromatic carbocycles. The Bertz CT molecular complexity index is 213. The minimum atomic E-state index is -0.869. The molecule has 0 N–H and O–H groups in total. The summed E-state index contributed by atoms with van der Waals surface area (Å²) in [5.74, 6) is 0.714. The lowest BCUT2D eigenvalue weighted by molar-refractivity contribution is -0.144. The summed E-state index contributed by atoms with van der Waals surface area (Å²) in [5, 5.41) is 0. The molecule has 4 nitrogen and oxygen atoms in total. The molecule has 0 aromatic rings. The fourth-order valence-corrected chi connectivity index (χ4v) is 3.01. The van der Waals surface area contributed by atoms with Crippen LogP contribution in [0.25, 0.3) is 0 Å². The normalized spacial score (nSPS) is 27.4. The van der Waals surface area contributed by atoms with Crippen molar-refractivity contribution in [2.45, 2.75) is 19.9 Å². The third-order valence-corrected chi connectivity index (χ3v) is 3.74. The smallest absolute Gasteiger partial charge is 0.324 e. The van der Waals surface area contributed by atoms with Gasteiger partial charge in [0, 0.05) is 23.1 Å². The predicted molar refractivity (Wildman–Crippen MR) is 61.4 cm³/mol. The lowest BCUT2D eigenvalue weighted by Gasteiger charge is -2.29. The second kappa shape index (κ2) is 7.32. The van der Waals surface area contributed by atoms with Crippen LogP contribution in [0.4, 0.5) is 0 Å². The van der Waals surface area contributed by atoms with Gasteiger partial charge >= 0.3 is 5.97 Å². The molecule has 3 atom stereocenters. The van der Waals surface area contributed by atoms with Gasteiger partial charge in [0.2, 0.25) is 0 Å². The van der Waals surface area contributed by atoms with Gasteiger partial charge in [-0.1, -0.05) is 23.2 Å². The van der Waals surface area contributed by atoms with E-state index in [1.54, 1.807) is 4.67 Å². The zero-order valence-electron chi connectivity index (χ0n) is 8.86. The van der Waals surface area contributed by atoms with Gasteiger partial charge in [0.1, 0.15) is 6.04 Å². The van der Waals surface area contributed by atoms with E-state index in [4.69, 9.17) is 0 Å². The fourth-order valence-electron chi connectivity index (χ4n) is 1.06. The summed E-state index contributed by atoms with van der Waals surface area (Å²) < 4.78 is 17.5. The van der Waals surface area contributed by atoms with Gasteiger partial charge in [-0.3, -0.25) is 13.7 Å². The van der Waals surface area contributed by atoms with Crippen molar-refractivity contribution >= 4 is 26.2 Å². The average Bonchev–Trinajstić information content (AvgIpc) is 2.23. The molecule has 14 heavy (non-hydrogen) atoms. The monoisotopic (exact) mass is 239 g/mol. The summed E-state index contributed by atoms with van der Waals surface area (Å²) in [6.45, 7) is 4.66. The molecule has 1 aliphatic rings. The highest BCUT2D eigenvalue weighted by atomic mass is 32.2. The van der Waals surface area contributed by atoms with E-state index in [2.05, 4.69) is 14.1 Å². The number of ether oxygens (including phenoxy) is 1. The summed E-state index contributed by atoms with van der Waals surface area (Å²) in [4.78, 5) is 11.1. The number of rotatable bonds is 1. The van der Waals surface area contributed by atoms with E-state index in [0.717, 1.165) is 0 Å². The van der Waals surface area contributed by atoms with Crippen LogP contribution in [0.2, 0.25) is 0 Å². The summed E-state index contributed by atoms with van der Waals surface area (Å²) in [5.41, 5.74) is 0. The Balaban J connectivity index is 0.000000791. The number of methoxy groups -OCH3 is 1. The third-order valence-electron chi connectivity index (χ3n) is 1.79. The molecule has 0 saturated carbocycles. The van der Waals surface area contributed by atoms with Crippen LogP contribution in [0.15, 0.2) is 0 Å². The zero-order valence-corrected chi connectivity index (χ0v) is 10.8. The zero-order chi connectivity index (χ0) is 11.1. The quantitative estimate of drug-likeness (QED) is 0.491.